The first-order chi connectivity index (χ1) is 9.11. The summed E-state index contributed by atoms with van der Waals surface area (Å²) < 4.78 is 11.4. The monoisotopic (exact) mass is 260 g/mol. The summed E-state index contributed by atoms with van der Waals surface area (Å²) >= 11 is 0. The number of Topliss-reactive ketones (excluding diaryl/α,β-unsaturated/α-hetero) is 1. The van der Waals surface area contributed by atoms with Crippen LogP contribution in [0.15, 0.2) is 18.2 Å². The maximum atomic E-state index is 11.5. The number of ether oxygens (including phenoxy) is 2. The second-order valence-corrected chi connectivity index (χ2v) is 6.03. The van der Waals surface area contributed by atoms with Gasteiger partial charge < -0.3 is 9.47 Å². The van der Waals surface area contributed by atoms with Crippen molar-refractivity contribution in [2.75, 3.05) is 6.61 Å². The SMILES string of the molecule is CC1CC(C)CC(Oc2ccc3c(c2)OCC3=O)C1. The lowest BCUT2D eigenvalue weighted by molar-refractivity contribution is 0.0959. The van der Waals surface area contributed by atoms with Crippen LogP contribution in [-0.2, 0) is 0 Å². The van der Waals surface area contributed by atoms with E-state index in [0.29, 0.717) is 11.3 Å². The van der Waals surface area contributed by atoms with Crippen molar-refractivity contribution in [1.82, 2.24) is 0 Å². The summed E-state index contributed by atoms with van der Waals surface area (Å²) in [5.41, 5.74) is 0.678. The molecule has 1 heterocycles. The van der Waals surface area contributed by atoms with Gasteiger partial charge in [0, 0.05) is 6.07 Å². The van der Waals surface area contributed by atoms with Crippen LogP contribution < -0.4 is 9.47 Å². The number of hydrogen-bond donors (Lipinski definition) is 0. The largest absolute Gasteiger partial charge is 0.490 e. The van der Waals surface area contributed by atoms with Gasteiger partial charge in [-0.25, -0.2) is 0 Å². The Labute approximate surface area is 113 Å². The van der Waals surface area contributed by atoms with Crippen LogP contribution in [0, 0.1) is 11.8 Å². The van der Waals surface area contributed by atoms with Crippen molar-refractivity contribution < 1.29 is 14.3 Å². The third-order valence-corrected chi connectivity index (χ3v) is 4.05. The highest BCUT2D eigenvalue weighted by Gasteiger charge is 2.26. The zero-order chi connectivity index (χ0) is 13.4. The quantitative estimate of drug-likeness (QED) is 0.816. The molecule has 1 aromatic rings. The van der Waals surface area contributed by atoms with Gasteiger partial charge >= 0.3 is 0 Å². The number of benzene rings is 1. The fraction of sp³-hybridized carbons (Fsp3) is 0.562. The Kier molecular flexibility index (Phi) is 3.21. The Morgan fingerprint density at radius 1 is 1.16 bits per heavy atom. The zero-order valence-electron chi connectivity index (χ0n) is 11.5. The first-order valence-corrected chi connectivity index (χ1v) is 7.08. The molecule has 0 aromatic heterocycles. The standard InChI is InChI=1S/C16H20O3/c1-10-5-11(2)7-13(6-10)19-12-3-4-14-15(17)9-18-16(14)8-12/h3-4,8,10-11,13H,5-7,9H2,1-2H3. The summed E-state index contributed by atoms with van der Waals surface area (Å²) in [4.78, 5) is 11.5. The van der Waals surface area contributed by atoms with E-state index in [1.54, 1.807) is 0 Å². The van der Waals surface area contributed by atoms with E-state index in [1.165, 1.54) is 6.42 Å². The number of carbonyl (C=O) groups excluding carboxylic acids is 1. The van der Waals surface area contributed by atoms with Crippen molar-refractivity contribution >= 4 is 5.78 Å². The van der Waals surface area contributed by atoms with E-state index in [-0.39, 0.29) is 18.5 Å². The van der Waals surface area contributed by atoms with Crippen LogP contribution in [0.5, 0.6) is 11.5 Å². The van der Waals surface area contributed by atoms with Crippen LogP contribution in [0.2, 0.25) is 0 Å². The fourth-order valence-electron chi connectivity index (χ4n) is 3.31. The summed E-state index contributed by atoms with van der Waals surface area (Å²) in [6.07, 6.45) is 3.80. The van der Waals surface area contributed by atoms with E-state index in [2.05, 4.69) is 13.8 Å². The molecule has 102 valence electrons. The molecule has 1 aliphatic carbocycles. The van der Waals surface area contributed by atoms with Gasteiger partial charge in [0.1, 0.15) is 11.5 Å². The molecule has 0 bridgehead atoms. The van der Waals surface area contributed by atoms with E-state index >= 15 is 0 Å². The molecule has 0 saturated heterocycles. The molecule has 1 aliphatic heterocycles. The highest BCUT2D eigenvalue weighted by molar-refractivity contribution is 6.02. The zero-order valence-corrected chi connectivity index (χ0v) is 11.5. The van der Waals surface area contributed by atoms with Crippen molar-refractivity contribution in [2.24, 2.45) is 11.8 Å². The molecular weight excluding hydrogens is 240 g/mol. The second-order valence-electron chi connectivity index (χ2n) is 6.03. The van der Waals surface area contributed by atoms with Gasteiger partial charge in [-0.05, 0) is 43.2 Å². The van der Waals surface area contributed by atoms with Crippen LogP contribution in [0.4, 0.5) is 0 Å². The number of rotatable bonds is 2. The van der Waals surface area contributed by atoms with Crippen molar-refractivity contribution in [3.05, 3.63) is 23.8 Å². The van der Waals surface area contributed by atoms with Crippen LogP contribution in [0.1, 0.15) is 43.5 Å². The molecule has 1 aromatic carbocycles. The van der Waals surface area contributed by atoms with Gasteiger partial charge in [0.25, 0.3) is 0 Å². The Bertz CT molecular complexity index is 485. The number of hydrogen-bond acceptors (Lipinski definition) is 3. The molecule has 0 radical (unpaired) electrons. The van der Waals surface area contributed by atoms with Crippen molar-refractivity contribution in [1.29, 1.82) is 0 Å². The second kappa shape index (κ2) is 4.87. The minimum absolute atomic E-state index is 0.0569. The normalized spacial score (nSPS) is 29.8. The molecule has 1 saturated carbocycles. The highest BCUT2D eigenvalue weighted by Crippen LogP contribution is 2.34. The minimum atomic E-state index is 0.0569. The molecule has 0 amide bonds. The fourth-order valence-corrected chi connectivity index (χ4v) is 3.31. The predicted octanol–water partition coefficient (Wildman–Crippen LogP) is 3.47. The lowest BCUT2D eigenvalue weighted by Crippen LogP contribution is -2.28. The van der Waals surface area contributed by atoms with Crippen LogP contribution in [0.25, 0.3) is 0 Å². The predicted molar refractivity (Wildman–Crippen MR) is 72.9 cm³/mol. The number of ketones is 1. The van der Waals surface area contributed by atoms with Crippen LogP contribution >= 0.6 is 0 Å². The minimum Gasteiger partial charge on any atom is -0.490 e. The topological polar surface area (TPSA) is 35.5 Å². The lowest BCUT2D eigenvalue weighted by atomic mass is 9.82. The van der Waals surface area contributed by atoms with E-state index in [4.69, 9.17) is 9.47 Å². The van der Waals surface area contributed by atoms with E-state index in [1.807, 2.05) is 18.2 Å². The Balaban J connectivity index is 1.72. The molecule has 2 unspecified atom stereocenters. The Morgan fingerprint density at radius 2 is 1.89 bits per heavy atom. The highest BCUT2D eigenvalue weighted by atomic mass is 16.5. The van der Waals surface area contributed by atoms with Crippen LogP contribution in [-0.4, -0.2) is 18.5 Å². The Hall–Kier alpha value is -1.51. The average Bonchev–Trinajstić information content (AvgIpc) is 2.69. The van der Waals surface area contributed by atoms with Crippen LogP contribution in [0.3, 0.4) is 0 Å². The smallest absolute Gasteiger partial charge is 0.203 e. The third kappa shape index (κ3) is 2.60. The molecule has 19 heavy (non-hydrogen) atoms. The van der Waals surface area contributed by atoms with Gasteiger partial charge in [-0.1, -0.05) is 13.8 Å². The number of carbonyl (C=O) groups is 1. The molecular formula is C16H20O3. The molecule has 2 atom stereocenters. The molecule has 0 spiro atoms. The molecule has 0 N–H and O–H groups in total. The summed E-state index contributed by atoms with van der Waals surface area (Å²) in [5.74, 6) is 2.99. The van der Waals surface area contributed by atoms with Crippen molar-refractivity contribution in [3.8, 4) is 11.5 Å². The molecule has 3 heteroatoms. The average molecular weight is 260 g/mol. The summed E-state index contributed by atoms with van der Waals surface area (Å²) in [6, 6.07) is 5.55. The third-order valence-electron chi connectivity index (χ3n) is 4.05. The Morgan fingerprint density at radius 3 is 2.63 bits per heavy atom. The maximum absolute atomic E-state index is 11.5. The van der Waals surface area contributed by atoms with Gasteiger partial charge in [0.15, 0.2) is 6.61 Å². The van der Waals surface area contributed by atoms with Gasteiger partial charge in [0.2, 0.25) is 5.78 Å². The maximum Gasteiger partial charge on any atom is 0.203 e. The van der Waals surface area contributed by atoms with Gasteiger partial charge in [-0.3, -0.25) is 4.79 Å². The van der Waals surface area contributed by atoms with E-state index < -0.39 is 0 Å². The van der Waals surface area contributed by atoms with Gasteiger partial charge in [0.05, 0.1) is 11.7 Å². The molecule has 1 fully saturated rings. The molecule has 2 aliphatic rings. The van der Waals surface area contributed by atoms with E-state index in [9.17, 15) is 4.79 Å². The van der Waals surface area contributed by atoms with Gasteiger partial charge in [-0.15, -0.1) is 0 Å². The summed E-state index contributed by atoms with van der Waals surface area (Å²) in [6.45, 7) is 4.74. The summed E-state index contributed by atoms with van der Waals surface area (Å²) in [5, 5.41) is 0. The summed E-state index contributed by atoms with van der Waals surface area (Å²) in [7, 11) is 0. The lowest BCUT2D eigenvalue weighted by Gasteiger charge is -2.31. The molecule has 3 nitrogen and oxygen atoms in total. The molecule has 3 rings (SSSR count). The van der Waals surface area contributed by atoms with Crippen molar-refractivity contribution in [2.45, 2.75) is 39.2 Å². The number of fused-ring (bicyclic) bond motifs is 1. The first-order valence-electron chi connectivity index (χ1n) is 7.08. The van der Waals surface area contributed by atoms with E-state index in [0.717, 1.165) is 30.4 Å². The first kappa shape index (κ1) is 12.5. The van der Waals surface area contributed by atoms with Gasteiger partial charge in [-0.2, -0.15) is 0 Å². The van der Waals surface area contributed by atoms with Crippen molar-refractivity contribution in [3.63, 3.8) is 0 Å².